The Hall–Kier alpha value is -2.96. The van der Waals surface area contributed by atoms with E-state index in [4.69, 9.17) is 14.2 Å². The van der Waals surface area contributed by atoms with Crippen LogP contribution in [0.2, 0.25) is 0 Å². The number of aliphatic imine (C=N–C) groups is 1. The number of methoxy groups -OCH3 is 2. The molecule has 0 saturated carbocycles. The Morgan fingerprint density at radius 1 is 1.11 bits per heavy atom. The van der Waals surface area contributed by atoms with E-state index in [9.17, 15) is 0 Å². The van der Waals surface area contributed by atoms with Crippen LogP contribution in [0.1, 0.15) is 24.5 Å². The van der Waals surface area contributed by atoms with Gasteiger partial charge in [-0.05, 0) is 43.5 Å². The molecular weight excluding hydrogens is 356 g/mol. The number of guanidine groups is 1. The van der Waals surface area contributed by atoms with Gasteiger partial charge in [0.2, 0.25) is 5.88 Å². The van der Waals surface area contributed by atoms with E-state index in [1.807, 2.05) is 31.2 Å². The van der Waals surface area contributed by atoms with Crippen LogP contribution < -0.4 is 24.8 Å². The van der Waals surface area contributed by atoms with Crippen LogP contribution in [0.15, 0.2) is 41.5 Å². The van der Waals surface area contributed by atoms with Crippen LogP contribution in [0.25, 0.3) is 0 Å². The summed E-state index contributed by atoms with van der Waals surface area (Å²) in [5.41, 5.74) is 2.20. The van der Waals surface area contributed by atoms with Gasteiger partial charge in [-0.15, -0.1) is 0 Å². The Balaban J connectivity index is 1.79. The zero-order valence-electron chi connectivity index (χ0n) is 17.1. The Morgan fingerprint density at radius 3 is 2.68 bits per heavy atom. The third-order valence-corrected chi connectivity index (χ3v) is 4.18. The zero-order valence-corrected chi connectivity index (χ0v) is 17.1. The summed E-state index contributed by atoms with van der Waals surface area (Å²) in [4.78, 5) is 8.46. The number of hydrogen-bond donors (Lipinski definition) is 2. The zero-order chi connectivity index (χ0) is 20.2. The van der Waals surface area contributed by atoms with E-state index in [0.29, 0.717) is 19.0 Å². The molecule has 28 heavy (non-hydrogen) atoms. The highest BCUT2D eigenvalue weighted by Crippen LogP contribution is 2.28. The summed E-state index contributed by atoms with van der Waals surface area (Å²) >= 11 is 0. The van der Waals surface area contributed by atoms with Gasteiger partial charge in [-0.3, -0.25) is 4.99 Å². The Labute approximate surface area is 167 Å². The normalized spacial score (nSPS) is 11.1. The first-order valence-electron chi connectivity index (χ1n) is 9.43. The molecule has 0 fully saturated rings. The molecule has 0 saturated heterocycles. The molecular formula is C21H30N4O3. The predicted octanol–water partition coefficient (Wildman–Crippen LogP) is 2.80. The maximum Gasteiger partial charge on any atom is 0.218 e. The van der Waals surface area contributed by atoms with Crippen molar-refractivity contribution in [1.82, 2.24) is 15.6 Å². The van der Waals surface area contributed by atoms with E-state index < -0.39 is 0 Å². The maximum absolute atomic E-state index is 5.64. The Bertz CT molecular complexity index is 765. The van der Waals surface area contributed by atoms with E-state index in [0.717, 1.165) is 42.4 Å². The minimum Gasteiger partial charge on any atom is -0.493 e. The number of benzene rings is 1. The SMILES string of the molecule is CCOc1cc(CCCNC(=NC)NCc2cccnc2OC)ccc1OC. The summed E-state index contributed by atoms with van der Waals surface area (Å²) < 4.78 is 16.2. The van der Waals surface area contributed by atoms with Crippen LogP contribution in [-0.4, -0.2) is 45.4 Å². The van der Waals surface area contributed by atoms with Crippen LogP contribution in [0.3, 0.4) is 0 Å². The van der Waals surface area contributed by atoms with Crippen molar-refractivity contribution in [3.05, 3.63) is 47.7 Å². The van der Waals surface area contributed by atoms with Crippen LogP contribution in [-0.2, 0) is 13.0 Å². The lowest BCUT2D eigenvalue weighted by Crippen LogP contribution is -2.37. The minimum atomic E-state index is 0.590. The molecule has 0 aliphatic rings. The van der Waals surface area contributed by atoms with Gasteiger partial charge in [0.05, 0.1) is 20.8 Å². The molecule has 0 amide bonds. The molecule has 0 spiro atoms. The van der Waals surface area contributed by atoms with Crippen molar-refractivity contribution in [2.45, 2.75) is 26.3 Å². The highest BCUT2D eigenvalue weighted by atomic mass is 16.5. The van der Waals surface area contributed by atoms with Crippen LogP contribution >= 0.6 is 0 Å². The number of aromatic nitrogens is 1. The maximum atomic E-state index is 5.64. The predicted molar refractivity (Wildman–Crippen MR) is 111 cm³/mol. The van der Waals surface area contributed by atoms with Crippen molar-refractivity contribution in [2.24, 2.45) is 4.99 Å². The van der Waals surface area contributed by atoms with E-state index in [1.54, 1.807) is 27.5 Å². The third kappa shape index (κ3) is 6.33. The molecule has 1 aromatic heterocycles. The molecule has 2 aromatic rings. The van der Waals surface area contributed by atoms with Gasteiger partial charge in [0.25, 0.3) is 0 Å². The summed E-state index contributed by atoms with van der Waals surface area (Å²) in [6.07, 6.45) is 3.62. The van der Waals surface area contributed by atoms with Gasteiger partial charge in [0, 0.05) is 31.9 Å². The summed E-state index contributed by atoms with van der Waals surface area (Å²) in [6, 6.07) is 9.94. The molecule has 152 valence electrons. The highest BCUT2D eigenvalue weighted by molar-refractivity contribution is 5.79. The van der Waals surface area contributed by atoms with E-state index in [-0.39, 0.29) is 0 Å². The summed E-state index contributed by atoms with van der Waals surface area (Å²) in [6.45, 7) is 3.98. The second-order valence-electron chi connectivity index (χ2n) is 6.05. The van der Waals surface area contributed by atoms with Gasteiger partial charge in [0.15, 0.2) is 17.5 Å². The smallest absolute Gasteiger partial charge is 0.218 e. The first-order valence-corrected chi connectivity index (χ1v) is 9.43. The molecule has 0 unspecified atom stereocenters. The molecule has 2 N–H and O–H groups in total. The number of nitrogens with one attached hydrogen (secondary N) is 2. The minimum absolute atomic E-state index is 0.590. The molecule has 0 bridgehead atoms. The fourth-order valence-corrected chi connectivity index (χ4v) is 2.79. The van der Waals surface area contributed by atoms with E-state index in [1.165, 1.54) is 5.56 Å². The molecule has 0 radical (unpaired) electrons. The molecule has 0 aliphatic carbocycles. The van der Waals surface area contributed by atoms with Gasteiger partial charge in [-0.25, -0.2) is 4.98 Å². The van der Waals surface area contributed by atoms with Crippen molar-refractivity contribution >= 4 is 5.96 Å². The molecule has 7 heteroatoms. The largest absolute Gasteiger partial charge is 0.493 e. The van der Waals surface area contributed by atoms with Gasteiger partial charge in [0.1, 0.15) is 0 Å². The van der Waals surface area contributed by atoms with Crippen molar-refractivity contribution in [1.29, 1.82) is 0 Å². The number of pyridine rings is 1. The molecule has 2 rings (SSSR count). The molecule has 0 atom stereocenters. The van der Waals surface area contributed by atoms with E-state index >= 15 is 0 Å². The topological polar surface area (TPSA) is 77.0 Å². The highest BCUT2D eigenvalue weighted by Gasteiger charge is 2.06. The fourth-order valence-electron chi connectivity index (χ4n) is 2.79. The van der Waals surface area contributed by atoms with Gasteiger partial charge in [-0.1, -0.05) is 12.1 Å². The summed E-state index contributed by atoms with van der Waals surface area (Å²) in [5.74, 6) is 2.92. The molecule has 1 heterocycles. The standard InChI is InChI=1S/C21H30N4O3/c1-5-28-19-14-16(10-11-18(19)26-3)8-6-13-24-21(22-2)25-15-17-9-7-12-23-20(17)27-4/h7,9-12,14H,5-6,8,13,15H2,1-4H3,(H2,22,24,25). The van der Waals surface area contributed by atoms with Crippen molar-refractivity contribution in [3.63, 3.8) is 0 Å². The summed E-state index contributed by atoms with van der Waals surface area (Å²) in [5, 5.41) is 6.61. The van der Waals surface area contributed by atoms with Crippen LogP contribution in [0, 0.1) is 0 Å². The number of nitrogens with zero attached hydrogens (tertiary/aromatic N) is 2. The first kappa shape index (κ1) is 21.3. The fraction of sp³-hybridized carbons (Fsp3) is 0.429. The molecule has 7 nitrogen and oxygen atoms in total. The third-order valence-electron chi connectivity index (χ3n) is 4.18. The van der Waals surface area contributed by atoms with Crippen molar-refractivity contribution < 1.29 is 14.2 Å². The quantitative estimate of drug-likeness (QED) is 0.371. The second kappa shape index (κ2) is 11.7. The van der Waals surface area contributed by atoms with Gasteiger partial charge < -0.3 is 24.8 Å². The van der Waals surface area contributed by atoms with Gasteiger partial charge >= 0.3 is 0 Å². The monoisotopic (exact) mass is 386 g/mol. The lowest BCUT2D eigenvalue weighted by Gasteiger charge is -2.14. The van der Waals surface area contributed by atoms with E-state index in [2.05, 4.69) is 26.7 Å². The van der Waals surface area contributed by atoms with Crippen molar-refractivity contribution in [2.75, 3.05) is 34.4 Å². The number of hydrogen-bond acceptors (Lipinski definition) is 5. The number of ether oxygens (including phenoxy) is 3. The number of aryl methyl sites for hydroxylation is 1. The Morgan fingerprint density at radius 2 is 1.96 bits per heavy atom. The van der Waals surface area contributed by atoms with Crippen LogP contribution in [0.4, 0.5) is 0 Å². The molecule has 1 aromatic carbocycles. The lowest BCUT2D eigenvalue weighted by atomic mass is 10.1. The first-order chi connectivity index (χ1) is 13.7. The molecule has 0 aliphatic heterocycles. The second-order valence-corrected chi connectivity index (χ2v) is 6.05. The Kier molecular flexibility index (Phi) is 8.91. The summed E-state index contributed by atoms with van der Waals surface area (Å²) in [7, 11) is 5.03. The number of rotatable bonds is 10. The van der Waals surface area contributed by atoms with Gasteiger partial charge in [-0.2, -0.15) is 0 Å². The average Bonchev–Trinajstić information content (AvgIpc) is 2.74. The lowest BCUT2D eigenvalue weighted by molar-refractivity contribution is 0.310. The average molecular weight is 386 g/mol. The van der Waals surface area contributed by atoms with Crippen LogP contribution in [0.5, 0.6) is 17.4 Å². The van der Waals surface area contributed by atoms with Crippen molar-refractivity contribution in [3.8, 4) is 17.4 Å².